The number of rotatable bonds is 5. The maximum absolute atomic E-state index is 6.34. The summed E-state index contributed by atoms with van der Waals surface area (Å²) in [5.74, 6) is 1.91. The Morgan fingerprint density at radius 3 is 2.38 bits per heavy atom. The van der Waals surface area contributed by atoms with Crippen LogP contribution in [-0.4, -0.2) is 9.55 Å². The van der Waals surface area contributed by atoms with Crippen molar-refractivity contribution in [2.75, 3.05) is 5.73 Å². The van der Waals surface area contributed by atoms with Crippen molar-refractivity contribution in [3.63, 3.8) is 0 Å². The Bertz CT molecular complexity index is 612. The number of hydrogen-bond donors (Lipinski definition) is 1. The highest BCUT2D eigenvalue weighted by Crippen LogP contribution is 2.38. The van der Waals surface area contributed by atoms with E-state index in [-0.39, 0.29) is 0 Å². The Labute approximate surface area is 136 Å². The minimum atomic E-state index is 0.291. The van der Waals surface area contributed by atoms with Crippen LogP contribution in [0.1, 0.15) is 45.4 Å². The quantitative estimate of drug-likeness (QED) is 0.803. The molecule has 21 heavy (non-hydrogen) atoms. The number of anilines is 1. The van der Waals surface area contributed by atoms with Crippen LogP contribution in [0.5, 0.6) is 0 Å². The van der Waals surface area contributed by atoms with Crippen LogP contribution in [0.3, 0.4) is 0 Å². The molecule has 2 rings (SSSR count). The summed E-state index contributed by atoms with van der Waals surface area (Å²) < 4.78 is 2.09. The second-order valence-corrected chi connectivity index (χ2v) is 6.27. The predicted octanol–water partition coefficient (Wildman–Crippen LogP) is 5.36. The molecule has 0 aliphatic rings. The topological polar surface area (TPSA) is 43.8 Å². The van der Waals surface area contributed by atoms with E-state index in [9.17, 15) is 0 Å². The lowest BCUT2D eigenvalue weighted by molar-refractivity contribution is 0.588. The van der Waals surface area contributed by atoms with E-state index < -0.39 is 0 Å². The highest BCUT2D eigenvalue weighted by molar-refractivity contribution is 6.39. The summed E-state index contributed by atoms with van der Waals surface area (Å²) in [6, 6.07) is 5.44. The summed E-state index contributed by atoms with van der Waals surface area (Å²) in [7, 11) is 0. The lowest BCUT2D eigenvalue weighted by Gasteiger charge is -2.11. The van der Waals surface area contributed by atoms with Gasteiger partial charge in [-0.25, -0.2) is 4.98 Å². The fraction of sp³-hybridized carbons (Fsp3) is 0.438. The lowest BCUT2D eigenvalue weighted by Crippen LogP contribution is -2.08. The van der Waals surface area contributed by atoms with Crippen LogP contribution in [0.15, 0.2) is 18.2 Å². The van der Waals surface area contributed by atoms with E-state index in [0.717, 1.165) is 30.8 Å². The van der Waals surface area contributed by atoms with E-state index in [0.29, 0.717) is 27.5 Å². The maximum atomic E-state index is 6.34. The van der Waals surface area contributed by atoms with Gasteiger partial charge in [-0.15, -0.1) is 0 Å². The Kier molecular flexibility index (Phi) is 5.17. The molecule has 0 radical (unpaired) electrons. The van der Waals surface area contributed by atoms with Crippen molar-refractivity contribution in [2.45, 2.75) is 46.1 Å². The van der Waals surface area contributed by atoms with E-state index in [1.165, 1.54) is 0 Å². The Morgan fingerprint density at radius 1 is 1.24 bits per heavy atom. The first-order chi connectivity index (χ1) is 9.97. The lowest BCUT2D eigenvalue weighted by atomic mass is 10.1. The third kappa shape index (κ3) is 3.19. The summed E-state index contributed by atoms with van der Waals surface area (Å²) in [5.41, 5.74) is 7.74. The van der Waals surface area contributed by atoms with Crippen LogP contribution in [0.25, 0.3) is 11.3 Å². The number of aromatic nitrogens is 2. The van der Waals surface area contributed by atoms with E-state index in [1.54, 1.807) is 0 Å². The first kappa shape index (κ1) is 16.2. The van der Waals surface area contributed by atoms with Gasteiger partial charge in [0.1, 0.15) is 17.3 Å². The number of nitrogens with zero attached hydrogens (tertiary/aromatic N) is 2. The second-order valence-electron chi connectivity index (χ2n) is 5.46. The molecule has 114 valence electrons. The summed E-state index contributed by atoms with van der Waals surface area (Å²) in [5, 5.41) is 1.15. The molecule has 0 amide bonds. The summed E-state index contributed by atoms with van der Waals surface area (Å²) in [6.45, 7) is 7.25. The third-order valence-corrected chi connectivity index (χ3v) is 4.12. The largest absolute Gasteiger partial charge is 0.383 e. The zero-order chi connectivity index (χ0) is 15.6. The molecule has 1 heterocycles. The average molecular weight is 326 g/mol. The Morgan fingerprint density at radius 2 is 1.86 bits per heavy atom. The van der Waals surface area contributed by atoms with Crippen LogP contribution in [0.4, 0.5) is 5.82 Å². The monoisotopic (exact) mass is 325 g/mol. The van der Waals surface area contributed by atoms with Crippen molar-refractivity contribution < 1.29 is 0 Å². The summed E-state index contributed by atoms with van der Waals surface area (Å²) in [6.07, 6.45) is 2.17. The number of imidazole rings is 1. The zero-order valence-electron chi connectivity index (χ0n) is 12.7. The van der Waals surface area contributed by atoms with Gasteiger partial charge in [0.05, 0.1) is 10.0 Å². The van der Waals surface area contributed by atoms with E-state index in [4.69, 9.17) is 33.9 Å². The van der Waals surface area contributed by atoms with Crippen molar-refractivity contribution in [2.24, 2.45) is 0 Å². The van der Waals surface area contributed by atoms with Crippen molar-refractivity contribution in [1.29, 1.82) is 0 Å². The fourth-order valence-corrected chi connectivity index (χ4v) is 2.96. The molecule has 0 atom stereocenters. The van der Waals surface area contributed by atoms with E-state index in [1.807, 2.05) is 18.2 Å². The standard InChI is InChI=1S/C16H21Cl2N3/c1-4-5-9-21-15(19)14(20-16(21)10(2)3)13-11(17)7-6-8-12(13)18/h6-8,10H,4-5,9,19H2,1-3H3. The van der Waals surface area contributed by atoms with Crippen molar-refractivity contribution in [3.05, 3.63) is 34.1 Å². The molecule has 0 aliphatic heterocycles. The van der Waals surface area contributed by atoms with Gasteiger partial charge in [-0.05, 0) is 18.6 Å². The molecule has 0 spiro atoms. The molecule has 1 aromatic carbocycles. The summed E-state index contributed by atoms with van der Waals surface area (Å²) >= 11 is 12.6. The zero-order valence-corrected chi connectivity index (χ0v) is 14.2. The number of hydrogen-bond acceptors (Lipinski definition) is 2. The van der Waals surface area contributed by atoms with E-state index in [2.05, 4.69) is 25.3 Å². The summed E-state index contributed by atoms with van der Waals surface area (Å²) in [4.78, 5) is 4.72. The molecule has 0 unspecified atom stereocenters. The first-order valence-corrected chi connectivity index (χ1v) is 8.03. The van der Waals surface area contributed by atoms with Gasteiger partial charge in [0, 0.05) is 18.0 Å². The SMILES string of the molecule is CCCCn1c(C(C)C)nc(-c2c(Cl)cccc2Cl)c1N. The predicted molar refractivity (Wildman–Crippen MR) is 91.1 cm³/mol. The van der Waals surface area contributed by atoms with Gasteiger partial charge in [-0.2, -0.15) is 0 Å². The number of unbranched alkanes of at least 4 members (excludes halogenated alkanes) is 1. The molecule has 2 N–H and O–H groups in total. The van der Waals surface area contributed by atoms with Gasteiger partial charge in [-0.1, -0.05) is 56.5 Å². The normalized spacial score (nSPS) is 11.3. The third-order valence-electron chi connectivity index (χ3n) is 3.49. The van der Waals surface area contributed by atoms with Crippen molar-refractivity contribution >= 4 is 29.0 Å². The Hall–Kier alpha value is -1.19. The first-order valence-electron chi connectivity index (χ1n) is 7.27. The highest BCUT2D eigenvalue weighted by Gasteiger charge is 2.21. The van der Waals surface area contributed by atoms with Crippen LogP contribution in [0.2, 0.25) is 10.0 Å². The number of halogens is 2. The minimum absolute atomic E-state index is 0.291. The van der Waals surface area contributed by atoms with E-state index >= 15 is 0 Å². The average Bonchev–Trinajstić information content (AvgIpc) is 2.74. The maximum Gasteiger partial charge on any atom is 0.131 e. The molecule has 2 aromatic rings. The molecule has 0 saturated carbocycles. The molecule has 1 aromatic heterocycles. The highest BCUT2D eigenvalue weighted by atomic mass is 35.5. The number of benzene rings is 1. The molecular formula is C16H21Cl2N3. The second kappa shape index (κ2) is 6.71. The Balaban J connectivity index is 2.60. The van der Waals surface area contributed by atoms with Crippen LogP contribution >= 0.6 is 23.2 Å². The van der Waals surface area contributed by atoms with Gasteiger partial charge < -0.3 is 10.3 Å². The molecule has 0 saturated heterocycles. The molecule has 0 aliphatic carbocycles. The van der Waals surface area contributed by atoms with Gasteiger partial charge in [0.2, 0.25) is 0 Å². The molecular weight excluding hydrogens is 305 g/mol. The van der Waals surface area contributed by atoms with Gasteiger partial charge in [-0.3, -0.25) is 0 Å². The smallest absolute Gasteiger partial charge is 0.131 e. The molecule has 0 fully saturated rings. The molecule has 3 nitrogen and oxygen atoms in total. The number of nitrogen functional groups attached to an aromatic ring is 1. The van der Waals surface area contributed by atoms with Crippen molar-refractivity contribution in [1.82, 2.24) is 9.55 Å². The minimum Gasteiger partial charge on any atom is -0.383 e. The van der Waals surface area contributed by atoms with Gasteiger partial charge in [0.15, 0.2) is 0 Å². The van der Waals surface area contributed by atoms with Gasteiger partial charge >= 0.3 is 0 Å². The van der Waals surface area contributed by atoms with Gasteiger partial charge in [0.25, 0.3) is 0 Å². The fourth-order valence-electron chi connectivity index (χ4n) is 2.38. The molecule has 0 bridgehead atoms. The van der Waals surface area contributed by atoms with Crippen LogP contribution in [-0.2, 0) is 6.54 Å². The molecule has 5 heteroatoms. The number of nitrogens with two attached hydrogens (primary N) is 1. The van der Waals surface area contributed by atoms with Crippen molar-refractivity contribution in [3.8, 4) is 11.3 Å². The van der Waals surface area contributed by atoms with Crippen LogP contribution < -0.4 is 5.73 Å². The van der Waals surface area contributed by atoms with Crippen LogP contribution in [0, 0.1) is 0 Å².